The average molecular weight is 375 g/mol. The van der Waals surface area contributed by atoms with Crippen LogP contribution in [0.1, 0.15) is 35.1 Å². The summed E-state index contributed by atoms with van der Waals surface area (Å²) in [7, 11) is 2.01. The highest BCUT2D eigenvalue weighted by Crippen LogP contribution is 2.42. The number of nitrogens with one attached hydrogen (secondary N) is 1. The van der Waals surface area contributed by atoms with Crippen LogP contribution in [0.2, 0.25) is 0 Å². The van der Waals surface area contributed by atoms with Crippen molar-refractivity contribution in [3.05, 3.63) is 65.2 Å². The molecule has 0 aliphatic carbocycles. The van der Waals surface area contributed by atoms with E-state index in [1.807, 2.05) is 37.5 Å². The van der Waals surface area contributed by atoms with Crippen LogP contribution in [-0.4, -0.2) is 25.4 Å². The smallest absolute Gasteiger partial charge is 0.0795 e. The Labute approximate surface area is 161 Å². The van der Waals surface area contributed by atoms with Gasteiger partial charge in [-0.15, -0.1) is 23.5 Å². The monoisotopic (exact) mass is 374 g/mol. The van der Waals surface area contributed by atoms with Crippen molar-refractivity contribution in [3.63, 3.8) is 0 Å². The van der Waals surface area contributed by atoms with E-state index in [0.717, 1.165) is 12.8 Å². The zero-order valence-electron chi connectivity index (χ0n) is 15.7. The number of nitrogens with two attached hydrogens (primary N) is 1. The molecule has 0 saturated heterocycles. The Morgan fingerprint density at radius 2 is 1.48 bits per heavy atom. The molecule has 0 saturated carbocycles. The fourth-order valence-corrected chi connectivity index (χ4v) is 4.70. The highest BCUT2D eigenvalue weighted by atomic mass is 32.2. The largest absolute Gasteiger partial charge is 0.328 e. The van der Waals surface area contributed by atoms with E-state index in [1.54, 1.807) is 0 Å². The fraction of sp³-hybridized carbons (Fsp3) is 0.429. The predicted octanol–water partition coefficient (Wildman–Crippen LogP) is 4.88. The summed E-state index contributed by atoms with van der Waals surface area (Å²) in [6.45, 7) is 4.26. The lowest BCUT2D eigenvalue weighted by Gasteiger charge is -2.16. The third kappa shape index (κ3) is 6.70. The second-order valence-corrected chi connectivity index (χ2v) is 9.07. The van der Waals surface area contributed by atoms with E-state index >= 15 is 0 Å². The van der Waals surface area contributed by atoms with Crippen LogP contribution in [0.4, 0.5) is 0 Å². The van der Waals surface area contributed by atoms with Crippen molar-refractivity contribution in [1.29, 1.82) is 0 Å². The molecular formula is C21H30N2S2. The number of rotatable bonds is 9. The molecule has 2 aromatic carbocycles. The molecule has 0 bridgehead atoms. The summed E-state index contributed by atoms with van der Waals surface area (Å²) in [5.74, 6) is 0. The van der Waals surface area contributed by atoms with Crippen molar-refractivity contribution >= 4 is 23.5 Å². The lowest BCUT2D eigenvalue weighted by molar-refractivity contribution is 0.608. The van der Waals surface area contributed by atoms with Gasteiger partial charge in [-0.2, -0.15) is 0 Å². The summed E-state index contributed by atoms with van der Waals surface area (Å²) in [5, 5.41) is 3.29. The summed E-state index contributed by atoms with van der Waals surface area (Å²) in [6.07, 6.45) is 4.18. The molecule has 0 aliphatic heterocycles. The number of benzene rings is 2. The van der Waals surface area contributed by atoms with Crippen LogP contribution in [-0.2, 0) is 12.8 Å². The molecule has 0 amide bonds. The average Bonchev–Trinajstić information content (AvgIpc) is 2.61. The van der Waals surface area contributed by atoms with Crippen LogP contribution in [0.3, 0.4) is 0 Å². The second-order valence-electron chi connectivity index (χ2n) is 6.65. The Balaban J connectivity index is 2.01. The van der Waals surface area contributed by atoms with Crippen molar-refractivity contribution in [2.24, 2.45) is 5.73 Å². The van der Waals surface area contributed by atoms with Crippen molar-refractivity contribution in [3.8, 4) is 0 Å². The summed E-state index contributed by atoms with van der Waals surface area (Å²) in [5.41, 5.74) is 9.95. The van der Waals surface area contributed by atoms with Gasteiger partial charge >= 0.3 is 0 Å². The van der Waals surface area contributed by atoms with Gasteiger partial charge in [-0.05, 0) is 68.8 Å². The SMILES string of the molecule is CNC(C)Cc1ccc(C(SC)Sc2ccc(CC(C)N)cc2)cc1. The third-order valence-corrected chi connectivity index (χ3v) is 6.82. The molecule has 2 nitrogen and oxygen atoms in total. The summed E-state index contributed by atoms with van der Waals surface area (Å²) in [6, 6.07) is 18.6. The molecule has 136 valence electrons. The molecule has 0 radical (unpaired) electrons. The van der Waals surface area contributed by atoms with E-state index in [0.29, 0.717) is 10.6 Å². The van der Waals surface area contributed by atoms with E-state index in [4.69, 9.17) is 5.73 Å². The first-order valence-electron chi connectivity index (χ1n) is 8.82. The number of hydrogen-bond donors (Lipinski definition) is 2. The lowest BCUT2D eigenvalue weighted by atomic mass is 10.1. The fourth-order valence-electron chi connectivity index (χ4n) is 2.72. The van der Waals surface area contributed by atoms with Gasteiger partial charge in [0.25, 0.3) is 0 Å². The van der Waals surface area contributed by atoms with Crippen molar-refractivity contribution in [2.45, 2.75) is 48.3 Å². The Morgan fingerprint density at radius 1 is 0.920 bits per heavy atom. The second kappa shape index (κ2) is 10.3. The maximum Gasteiger partial charge on any atom is 0.0795 e. The lowest BCUT2D eigenvalue weighted by Crippen LogP contribution is -2.23. The number of hydrogen-bond acceptors (Lipinski definition) is 4. The van der Waals surface area contributed by atoms with E-state index in [-0.39, 0.29) is 6.04 Å². The normalized spacial score (nSPS) is 14.9. The van der Waals surface area contributed by atoms with Crippen molar-refractivity contribution in [2.75, 3.05) is 13.3 Å². The van der Waals surface area contributed by atoms with Gasteiger partial charge in [0, 0.05) is 17.0 Å². The van der Waals surface area contributed by atoms with Crippen LogP contribution >= 0.6 is 23.5 Å². The zero-order valence-corrected chi connectivity index (χ0v) is 17.3. The van der Waals surface area contributed by atoms with Crippen LogP contribution in [0, 0.1) is 0 Å². The molecule has 0 aliphatic rings. The van der Waals surface area contributed by atoms with Gasteiger partial charge in [-0.25, -0.2) is 0 Å². The van der Waals surface area contributed by atoms with Crippen LogP contribution < -0.4 is 11.1 Å². The minimum atomic E-state index is 0.210. The van der Waals surface area contributed by atoms with E-state index in [2.05, 4.69) is 67.0 Å². The van der Waals surface area contributed by atoms with Gasteiger partial charge in [0.1, 0.15) is 0 Å². The summed E-state index contributed by atoms with van der Waals surface area (Å²) < 4.78 is 0.412. The number of thioether (sulfide) groups is 2. The Hall–Kier alpha value is -0.940. The van der Waals surface area contributed by atoms with Crippen LogP contribution in [0.25, 0.3) is 0 Å². The Kier molecular flexibility index (Phi) is 8.37. The molecule has 3 unspecified atom stereocenters. The maximum absolute atomic E-state index is 5.88. The molecule has 25 heavy (non-hydrogen) atoms. The third-order valence-electron chi connectivity index (χ3n) is 4.22. The van der Waals surface area contributed by atoms with E-state index in [9.17, 15) is 0 Å². The highest BCUT2D eigenvalue weighted by molar-refractivity contribution is 8.16. The zero-order chi connectivity index (χ0) is 18.2. The van der Waals surface area contributed by atoms with Crippen molar-refractivity contribution < 1.29 is 0 Å². The van der Waals surface area contributed by atoms with Crippen molar-refractivity contribution in [1.82, 2.24) is 5.32 Å². The maximum atomic E-state index is 5.88. The minimum Gasteiger partial charge on any atom is -0.328 e. The molecule has 4 heteroatoms. The highest BCUT2D eigenvalue weighted by Gasteiger charge is 2.12. The first-order valence-corrected chi connectivity index (χ1v) is 11.0. The van der Waals surface area contributed by atoms with Gasteiger partial charge in [-0.3, -0.25) is 0 Å². The molecule has 2 rings (SSSR count). The van der Waals surface area contributed by atoms with Crippen LogP contribution in [0.5, 0.6) is 0 Å². The van der Waals surface area contributed by atoms with Gasteiger partial charge < -0.3 is 11.1 Å². The molecule has 2 aromatic rings. The summed E-state index contributed by atoms with van der Waals surface area (Å²) in [4.78, 5) is 1.31. The molecule has 0 fully saturated rings. The molecule has 0 aromatic heterocycles. The number of likely N-dealkylation sites (N-methyl/N-ethyl adjacent to an activating group) is 1. The van der Waals surface area contributed by atoms with E-state index in [1.165, 1.54) is 21.6 Å². The molecular weight excluding hydrogens is 344 g/mol. The van der Waals surface area contributed by atoms with E-state index < -0.39 is 0 Å². The van der Waals surface area contributed by atoms with Crippen LogP contribution in [0.15, 0.2) is 53.4 Å². The Bertz CT molecular complexity index is 623. The van der Waals surface area contributed by atoms with Gasteiger partial charge in [0.2, 0.25) is 0 Å². The predicted molar refractivity (Wildman–Crippen MR) is 115 cm³/mol. The first-order chi connectivity index (χ1) is 12.0. The van der Waals surface area contributed by atoms with Gasteiger partial charge in [0.05, 0.1) is 4.58 Å². The first kappa shape index (κ1) is 20.4. The summed E-state index contributed by atoms with van der Waals surface area (Å²) >= 11 is 3.80. The topological polar surface area (TPSA) is 38.0 Å². The standard InChI is InChI=1S/C21H30N2S2/c1-15(22)13-17-7-11-20(12-8-17)25-21(24-4)19-9-5-18(6-10-19)14-16(2)23-3/h5-12,15-16,21,23H,13-14,22H2,1-4H3. The quantitative estimate of drug-likeness (QED) is 0.484. The minimum absolute atomic E-state index is 0.210. The van der Waals surface area contributed by atoms with Gasteiger partial charge in [0.15, 0.2) is 0 Å². The van der Waals surface area contributed by atoms with Gasteiger partial charge in [-0.1, -0.05) is 36.4 Å². The molecule has 3 N–H and O–H groups in total. The molecule has 0 spiro atoms. The Morgan fingerprint density at radius 3 is 2.00 bits per heavy atom. The molecule has 0 heterocycles. The molecule has 3 atom stereocenters.